The highest BCUT2D eigenvalue weighted by molar-refractivity contribution is 6.16. The summed E-state index contributed by atoms with van der Waals surface area (Å²) < 4.78 is 59.6. The van der Waals surface area contributed by atoms with Crippen molar-refractivity contribution in [2.24, 2.45) is 0 Å². The van der Waals surface area contributed by atoms with Gasteiger partial charge in [0.1, 0.15) is 54.1 Å². The number of benzene rings is 3. The maximum Gasteiger partial charge on any atom is 0.180 e. The molecule has 0 spiro atoms. The van der Waals surface area contributed by atoms with E-state index in [2.05, 4.69) is 0 Å². The van der Waals surface area contributed by atoms with Gasteiger partial charge in [-0.05, 0) is 23.3 Å². The molecule has 3 aromatic carbocycles. The molecule has 0 aromatic heterocycles. The highest BCUT2D eigenvalue weighted by atomic mass is 19.2. The van der Waals surface area contributed by atoms with Crippen LogP contribution in [-0.2, 0) is 0 Å². The number of fused-ring (bicyclic) bond motifs is 3. The molecular formula is C28H2F4N8. The highest BCUT2D eigenvalue weighted by Gasteiger charge is 2.38. The molecule has 8 nitrogen and oxygen atoms in total. The van der Waals surface area contributed by atoms with Gasteiger partial charge in [0.25, 0.3) is 0 Å². The van der Waals surface area contributed by atoms with E-state index in [9.17, 15) is 45.6 Å². The van der Waals surface area contributed by atoms with Crippen molar-refractivity contribution < 1.29 is 17.6 Å². The van der Waals surface area contributed by atoms with E-state index in [1.807, 2.05) is 0 Å². The lowest BCUT2D eigenvalue weighted by Gasteiger charge is -2.14. The number of allylic oxidation sites excluding steroid dienone is 1. The minimum atomic E-state index is -2.14. The Morgan fingerprint density at radius 1 is 0.475 bits per heavy atom. The SMILES string of the molecule is N#CC(=C1c2c(cc(C#N)c(C#N)c2C#N)-c2cc(C#N)c(C#N)c(C#N)c21)c1c(F)c(F)c(C#N)c(F)c1F. The molecule has 0 heterocycles. The monoisotopic (exact) mass is 526 g/mol. The van der Waals surface area contributed by atoms with Crippen LogP contribution in [0, 0.1) is 114 Å². The van der Waals surface area contributed by atoms with Crippen molar-refractivity contribution in [3.8, 4) is 59.7 Å². The Kier molecular flexibility index (Phi) is 6.19. The minimum absolute atomic E-state index is 0.141. The smallest absolute Gasteiger partial charge is 0.180 e. The second-order valence-corrected chi connectivity index (χ2v) is 7.84. The zero-order chi connectivity index (χ0) is 29.5. The molecule has 3 aromatic rings. The van der Waals surface area contributed by atoms with Gasteiger partial charge in [0, 0.05) is 16.7 Å². The zero-order valence-corrected chi connectivity index (χ0v) is 19.2. The summed E-state index contributed by atoms with van der Waals surface area (Å²) in [7, 11) is 0. The third kappa shape index (κ3) is 3.24. The fourth-order valence-corrected chi connectivity index (χ4v) is 4.50. The average molecular weight is 526 g/mol. The van der Waals surface area contributed by atoms with E-state index in [1.165, 1.54) is 6.07 Å². The molecule has 0 N–H and O–H groups in total. The van der Waals surface area contributed by atoms with Gasteiger partial charge < -0.3 is 0 Å². The number of rotatable bonds is 1. The van der Waals surface area contributed by atoms with Gasteiger partial charge >= 0.3 is 0 Å². The molecule has 4 rings (SSSR count). The number of nitriles is 8. The van der Waals surface area contributed by atoms with Crippen LogP contribution in [0.2, 0.25) is 0 Å². The van der Waals surface area contributed by atoms with E-state index in [1.54, 1.807) is 36.4 Å². The number of halogens is 4. The summed E-state index contributed by atoms with van der Waals surface area (Å²) in [5, 5.41) is 77.4. The largest absolute Gasteiger partial charge is 0.203 e. The Labute approximate surface area is 221 Å². The Bertz CT molecular complexity index is 2010. The van der Waals surface area contributed by atoms with Gasteiger partial charge in [-0.1, -0.05) is 0 Å². The van der Waals surface area contributed by atoms with Crippen LogP contribution in [0.25, 0.3) is 22.3 Å². The van der Waals surface area contributed by atoms with E-state index in [-0.39, 0.29) is 22.3 Å². The van der Waals surface area contributed by atoms with Crippen LogP contribution in [0.3, 0.4) is 0 Å². The van der Waals surface area contributed by atoms with Crippen LogP contribution >= 0.6 is 0 Å². The van der Waals surface area contributed by atoms with Gasteiger partial charge in [-0.2, -0.15) is 42.1 Å². The highest BCUT2D eigenvalue weighted by Crippen LogP contribution is 2.52. The van der Waals surface area contributed by atoms with E-state index in [0.717, 1.165) is 18.2 Å². The van der Waals surface area contributed by atoms with E-state index >= 15 is 8.78 Å². The number of hydrogen-bond donors (Lipinski definition) is 0. The maximum atomic E-state index is 15.2. The van der Waals surface area contributed by atoms with Crippen LogP contribution in [0.1, 0.15) is 55.6 Å². The molecule has 1 aliphatic carbocycles. The Balaban J connectivity index is 2.45. The molecular weight excluding hydrogens is 524 g/mol. The van der Waals surface area contributed by atoms with Crippen LogP contribution in [0.15, 0.2) is 12.1 Å². The molecule has 0 aliphatic heterocycles. The normalized spacial score (nSPS) is 10.2. The molecule has 0 saturated carbocycles. The molecule has 0 saturated heterocycles. The van der Waals surface area contributed by atoms with Gasteiger partial charge in [0.2, 0.25) is 0 Å². The van der Waals surface area contributed by atoms with Crippen molar-refractivity contribution in [3.63, 3.8) is 0 Å². The van der Waals surface area contributed by atoms with Crippen molar-refractivity contribution in [1.82, 2.24) is 0 Å². The third-order valence-corrected chi connectivity index (χ3v) is 6.12. The summed E-state index contributed by atoms with van der Waals surface area (Å²) in [5.41, 5.74) is -9.06. The first-order chi connectivity index (χ1) is 19.2. The molecule has 0 atom stereocenters. The molecule has 12 heteroatoms. The molecule has 182 valence electrons. The lowest BCUT2D eigenvalue weighted by molar-refractivity contribution is 0.447. The quantitative estimate of drug-likeness (QED) is 0.192. The van der Waals surface area contributed by atoms with Gasteiger partial charge in [0.05, 0.1) is 44.5 Å². The lowest BCUT2D eigenvalue weighted by atomic mass is 9.86. The fourth-order valence-electron chi connectivity index (χ4n) is 4.50. The summed E-state index contributed by atoms with van der Waals surface area (Å²) in [6.07, 6.45) is 0. The second-order valence-electron chi connectivity index (χ2n) is 7.84. The average Bonchev–Trinajstić information content (AvgIpc) is 3.29. The van der Waals surface area contributed by atoms with E-state index in [4.69, 9.17) is 5.26 Å². The van der Waals surface area contributed by atoms with Crippen LogP contribution in [-0.4, -0.2) is 0 Å². The first kappa shape index (κ1) is 26.1. The predicted octanol–water partition coefficient (Wildman–Crippen LogP) is 4.81. The number of nitrogens with zero attached hydrogens (tertiary/aromatic N) is 8. The maximum absolute atomic E-state index is 15.2. The van der Waals surface area contributed by atoms with Gasteiger partial charge in [0.15, 0.2) is 23.3 Å². The zero-order valence-electron chi connectivity index (χ0n) is 19.2. The molecule has 0 amide bonds. The fraction of sp³-hybridized carbons (Fsp3) is 0. The predicted molar refractivity (Wildman–Crippen MR) is 123 cm³/mol. The summed E-state index contributed by atoms with van der Waals surface area (Å²) in [6.45, 7) is 0. The van der Waals surface area contributed by atoms with E-state index in [0.29, 0.717) is 0 Å². The molecule has 0 fully saturated rings. The Morgan fingerprint density at radius 2 is 0.850 bits per heavy atom. The summed E-state index contributed by atoms with van der Waals surface area (Å²) in [5.74, 6) is -8.54. The molecule has 0 bridgehead atoms. The van der Waals surface area contributed by atoms with Crippen molar-refractivity contribution in [3.05, 3.63) is 91.0 Å². The first-order valence-corrected chi connectivity index (χ1v) is 10.4. The summed E-state index contributed by atoms with van der Waals surface area (Å²) in [4.78, 5) is 0. The summed E-state index contributed by atoms with van der Waals surface area (Å²) >= 11 is 0. The van der Waals surface area contributed by atoms with Crippen molar-refractivity contribution in [2.75, 3.05) is 0 Å². The Morgan fingerprint density at radius 3 is 1.15 bits per heavy atom. The van der Waals surface area contributed by atoms with Crippen molar-refractivity contribution >= 4 is 11.1 Å². The van der Waals surface area contributed by atoms with Crippen LogP contribution < -0.4 is 0 Å². The topological polar surface area (TPSA) is 190 Å². The van der Waals surface area contributed by atoms with Gasteiger partial charge in [-0.25, -0.2) is 17.6 Å². The van der Waals surface area contributed by atoms with Crippen LogP contribution in [0.5, 0.6) is 0 Å². The summed E-state index contributed by atoms with van der Waals surface area (Å²) in [6, 6.07) is 14.6. The standard InChI is InChI=1S/C28H2F4N8/c29-25-20(10-40)26(30)28(32)24(27(25)31)19(9-39)23-21-13(1-11(3-33)15(5-35)17(21)7-37)14-2-12(4-34)16(6-36)18(8-38)22(14)23/h1-2H. The molecule has 0 unspecified atom stereocenters. The molecule has 0 radical (unpaired) electrons. The third-order valence-electron chi connectivity index (χ3n) is 6.12. The lowest BCUT2D eigenvalue weighted by Crippen LogP contribution is -2.08. The van der Waals surface area contributed by atoms with Crippen LogP contribution in [0.4, 0.5) is 17.6 Å². The Hall–Kier alpha value is -6.96. The van der Waals surface area contributed by atoms with Crippen molar-refractivity contribution in [2.45, 2.75) is 0 Å². The van der Waals surface area contributed by atoms with Crippen molar-refractivity contribution in [1.29, 1.82) is 42.1 Å². The second kappa shape index (κ2) is 9.49. The first-order valence-electron chi connectivity index (χ1n) is 10.4. The molecule has 40 heavy (non-hydrogen) atoms. The molecule has 1 aliphatic rings. The minimum Gasteiger partial charge on any atom is -0.203 e. The van der Waals surface area contributed by atoms with E-state index < -0.39 is 78.9 Å². The van der Waals surface area contributed by atoms with Gasteiger partial charge in [-0.3, -0.25) is 0 Å². The number of hydrogen-bond acceptors (Lipinski definition) is 8. The van der Waals surface area contributed by atoms with Gasteiger partial charge in [-0.15, -0.1) is 0 Å².